The van der Waals surface area contributed by atoms with Crippen molar-refractivity contribution in [3.8, 4) is 0 Å². The number of halogens is 1. The molecule has 116 valence electrons. The van der Waals surface area contributed by atoms with Crippen LogP contribution in [0.1, 0.15) is 19.8 Å². The van der Waals surface area contributed by atoms with Crippen LogP contribution in [0.3, 0.4) is 0 Å². The Morgan fingerprint density at radius 2 is 1.86 bits per heavy atom. The van der Waals surface area contributed by atoms with Crippen LogP contribution in [0.2, 0.25) is 0 Å². The predicted molar refractivity (Wildman–Crippen MR) is 88.7 cm³/mol. The van der Waals surface area contributed by atoms with E-state index in [1.54, 1.807) is 0 Å². The van der Waals surface area contributed by atoms with Gasteiger partial charge >= 0.3 is 5.97 Å². The maximum Gasteiger partial charge on any atom is 0.320 e. The number of carbonyl (C=O) groups excluding carboxylic acids is 1. The molecule has 0 unspecified atom stereocenters. The predicted octanol–water partition coefficient (Wildman–Crippen LogP) is 2.91. The number of hydrogen-bond donors (Lipinski definition) is 0. The minimum Gasteiger partial charge on any atom is -0.465 e. The number of hydrogen-bond acceptors (Lipinski definition) is 4. The first-order valence-corrected chi connectivity index (χ1v) is 8.37. The fraction of sp³-hybridized carbons (Fsp3) is 0.562. The van der Waals surface area contributed by atoms with Crippen LogP contribution in [0.25, 0.3) is 0 Å². The van der Waals surface area contributed by atoms with E-state index >= 15 is 0 Å². The van der Waals surface area contributed by atoms with Gasteiger partial charge in [0, 0.05) is 36.3 Å². The van der Waals surface area contributed by atoms with Crippen molar-refractivity contribution in [2.75, 3.05) is 44.2 Å². The fourth-order valence-corrected chi connectivity index (χ4v) is 2.64. The number of carbonyl (C=O) groups is 1. The molecule has 0 aliphatic carbocycles. The smallest absolute Gasteiger partial charge is 0.320 e. The molecule has 0 radical (unpaired) electrons. The summed E-state index contributed by atoms with van der Waals surface area (Å²) in [5.41, 5.74) is 1.24. The van der Waals surface area contributed by atoms with Gasteiger partial charge in [-0.15, -0.1) is 0 Å². The Bertz CT molecular complexity index is 442. The Labute approximate surface area is 135 Å². The van der Waals surface area contributed by atoms with Crippen molar-refractivity contribution in [1.29, 1.82) is 0 Å². The van der Waals surface area contributed by atoms with E-state index in [9.17, 15) is 4.79 Å². The third-order valence-electron chi connectivity index (χ3n) is 3.68. The van der Waals surface area contributed by atoms with Crippen molar-refractivity contribution in [3.05, 3.63) is 28.7 Å². The summed E-state index contributed by atoms with van der Waals surface area (Å²) in [5, 5.41) is 0. The van der Waals surface area contributed by atoms with Crippen LogP contribution in [0.4, 0.5) is 5.69 Å². The van der Waals surface area contributed by atoms with Crippen LogP contribution < -0.4 is 4.90 Å². The zero-order valence-electron chi connectivity index (χ0n) is 12.6. The molecule has 0 amide bonds. The van der Waals surface area contributed by atoms with Gasteiger partial charge in [0.05, 0.1) is 13.2 Å². The highest BCUT2D eigenvalue weighted by molar-refractivity contribution is 9.10. The maximum absolute atomic E-state index is 11.7. The monoisotopic (exact) mass is 354 g/mol. The first kappa shape index (κ1) is 16.3. The number of anilines is 1. The molecule has 1 saturated heterocycles. The van der Waals surface area contributed by atoms with Gasteiger partial charge in [-0.05, 0) is 30.7 Å². The third-order valence-corrected chi connectivity index (χ3v) is 4.21. The molecule has 1 aliphatic heterocycles. The molecule has 1 aromatic rings. The van der Waals surface area contributed by atoms with E-state index in [2.05, 4.69) is 56.9 Å². The van der Waals surface area contributed by atoms with E-state index in [1.807, 2.05) is 0 Å². The Morgan fingerprint density at radius 3 is 2.48 bits per heavy atom. The molecule has 21 heavy (non-hydrogen) atoms. The van der Waals surface area contributed by atoms with E-state index in [0.29, 0.717) is 13.2 Å². The molecule has 1 aliphatic rings. The zero-order valence-corrected chi connectivity index (χ0v) is 14.1. The quantitative estimate of drug-likeness (QED) is 0.580. The second-order valence-corrected chi connectivity index (χ2v) is 6.23. The number of rotatable bonds is 6. The van der Waals surface area contributed by atoms with E-state index in [1.165, 1.54) is 5.69 Å². The van der Waals surface area contributed by atoms with Crippen molar-refractivity contribution in [2.45, 2.75) is 19.8 Å². The van der Waals surface area contributed by atoms with Crippen LogP contribution in [0, 0.1) is 0 Å². The summed E-state index contributed by atoms with van der Waals surface area (Å²) < 4.78 is 6.31. The van der Waals surface area contributed by atoms with Gasteiger partial charge in [-0.3, -0.25) is 9.69 Å². The van der Waals surface area contributed by atoms with Crippen molar-refractivity contribution in [1.82, 2.24) is 4.90 Å². The van der Waals surface area contributed by atoms with Gasteiger partial charge < -0.3 is 9.64 Å². The zero-order chi connectivity index (χ0) is 15.1. The molecule has 0 bridgehead atoms. The second kappa shape index (κ2) is 8.39. The summed E-state index contributed by atoms with van der Waals surface area (Å²) >= 11 is 3.45. The van der Waals surface area contributed by atoms with Crippen LogP contribution in [-0.4, -0.2) is 50.2 Å². The molecule has 5 heteroatoms. The highest BCUT2D eigenvalue weighted by Gasteiger charge is 2.19. The lowest BCUT2D eigenvalue weighted by atomic mass is 10.2. The summed E-state index contributed by atoms with van der Waals surface area (Å²) in [6.45, 7) is 6.76. The van der Waals surface area contributed by atoms with Gasteiger partial charge in [-0.25, -0.2) is 0 Å². The van der Waals surface area contributed by atoms with Gasteiger partial charge in [-0.2, -0.15) is 0 Å². The Hall–Kier alpha value is -1.07. The highest BCUT2D eigenvalue weighted by Crippen LogP contribution is 2.19. The van der Waals surface area contributed by atoms with Crippen molar-refractivity contribution in [2.24, 2.45) is 0 Å². The molecule has 4 nitrogen and oxygen atoms in total. The Balaban J connectivity index is 1.73. The average Bonchev–Trinajstić information content (AvgIpc) is 2.49. The molecule has 1 fully saturated rings. The summed E-state index contributed by atoms with van der Waals surface area (Å²) in [7, 11) is 0. The number of unbranched alkanes of at least 4 members (excludes halogenated alkanes) is 1. The van der Waals surface area contributed by atoms with Gasteiger partial charge in [0.2, 0.25) is 0 Å². The van der Waals surface area contributed by atoms with Gasteiger partial charge in [0.1, 0.15) is 0 Å². The molecular formula is C16H23BrN2O2. The van der Waals surface area contributed by atoms with Crippen molar-refractivity contribution in [3.63, 3.8) is 0 Å². The number of piperazine rings is 1. The summed E-state index contributed by atoms with van der Waals surface area (Å²) in [5.74, 6) is -0.0967. The maximum atomic E-state index is 11.7. The van der Waals surface area contributed by atoms with Crippen LogP contribution >= 0.6 is 15.9 Å². The Morgan fingerprint density at radius 1 is 1.19 bits per heavy atom. The van der Waals surface area contributed by atoms with Gasteiger partial charge in [-0.1, -0.05) is 29.3 Å². The van der Waals surface area contributed by atoms with Gasteiger partial charge in [0.15, 0.2) is 0 Å². The molecule has 0 aromatic heterocycles. The number of nitrogens with zero attached hydrogens (tertiary/aromatic N) is 2. The lowest BCUT2D eigenvalue weighted by Crippen LogP contribution is -2.48. The molecule has 0 N–H and O–H groups in total. The highest BCUT2D eigenvalue weighted by atomic mass is 79.9. The lowest BCUT2D eigenvalue weighted by molar-refractivity contribution is -0.145. The summed E-state index contributed by atoms with van der Waals surface area (Å²) in [6.07, 6.45) is 2.00. The minimum absolute atomic E-state index is 0.0967. The minimum atomic E-state index is -0.0967. The lowest BCUT2D eigenvalue weighted by Gasteiger charge is -2.35. The number of benzene rings is 1. The van der Waals surface area contributed by atoms with E-state index in [-0.39, 0.29) is 5.97 Å². The van der Waals surface area contributed by atoms with Crippen molar-refractivity contribution < 1.29 is 9.53 Å². The molecule has 0 saturated carbocycles. The van der Waals surface area contributed by atoms with Crippen LogP contribution in [0.15, 0.2) is 28.7 Å². The molecule has 2 rings (SSSR count). The topological polar surface area (TPSA) is 32.8 Å². The fourth-order valence-electron chi connectivity index (χ4n) is 2.37. The van der Waals surface area contributed by atoms with Crippen molar-refractivity contribution >= 4 is 27.6 Å². The van der Waals surface area contributed by atoms with Crippen LogP contribution in [0.5, 0.6) is 0 Å². The standard InChI is InChI=1S/C16H23BrN2O2/c1-2-3-12-21-16(20)13-18-8-10-19(11-9-18)15-6-4-14(17)5-7-15/h4-7H,2-3,8-13H2,1H3. The SMILES string of the molecule is CCCCOC(=O)CN1CCN(c2ccc(Br)cc2)CC1. The number of ether oxygens (including phenoxy) is 1. The van der Waals surface area contributed by atoms with Crippen LogP contribution in [-0.2, 0) is 9.53 Å². The first-order valence-electron chi connectivity index (χ1n) is 7.57. The molecule has 0 spiro atoms. The molecule has 1 heterocycles. The second-order valence-electron chi connectivity index (χ2n) is 5.31. The molecular weight excluding hydrogens is 332 g/mol. The first-order chi connectivity index (χ1) is 10.2. The normalized spacial score (nSPS) is 16.0. The Kier molecular flexibility index (Phi) is 6.51. The molecule has 1 aromatic carbocycles. The van der Waals surface area contributed by atoms with E-state index in [4.69, 9.17) is 4.74 Å². The summed E-state index contributed by atoms with van der Waals surface area (Å²) in [6, 6.07) is 8.37. The number of esters is 1. The van der Waals surface area contributed by atoms with Gasteiger partial charge in [0.25, 0.3) is 0 Å². The van der Waals surface area contributed by atoms with E-state index in [0.717, 1.165) is 43.5 Å². The van der Waals surface area contributed by atoms with E-state index < -0.39 is 0 Å². The largest absolute Gasteiger partial charge is 0.465 e. The molecule has 0 atom stereocenters. The third kappa shape index (κ3) is 5.32. The average molecular weight is 355 g/mol. The summed E-state index contributed by atoms with van der Waals surface area (Å²) in [4.78, 5) is 16.2.